The fourth-order valence-electron chi connectivity index (χ4n) is 2.96. The summed E-state index contributed by atoms with van der Waals surface area (Å²) in [4.78, 5) is 28.3. The molecular formula is C19H21Cl2N3O3. The number of carbonyl (C=O) groups is 2. The number of nitrogens with zero attached hydrogens (tertiary/aromatic N) is 2. The summed E-state index contributed by atoms with van der Waals surface area (Å²) in [6, 6.07) is 8.35. The number of hydrogen-bond acceptors (Lipinski definition) is 3. The van der Waals surface area contributed by atoms with Crippen molar-refractivity contribution in [3.63, 3.8) is 0 Å². The standard InChI is InChI=1S/C19H21Cl2N3O3/c1-12-3-6-17(27-12)18(25)23-7-9-24(10-8-23)19(26)22-13(2)14-4-5-15(20)16(21)11-14/h3-6,11,13H,7-10H2,1-2H3,(H,22,26). The van der Waals surface area contributed by atoms with Gasteiger partial charge >= 0.3 is 6.03 Å². The van der Waals surface area contributed by atoms with Crippen LogP contribution in [-0.2, 0) is 0 Å². The van der Waals surface area contributed by atoms with E-state index >= 15 is 0 Å². The molecule has 0 radical (unpaired) electrons. The van der Waals surface area contributed by atoms with E-state index in [1.54, 1.807) is 41.0 Å². The lowest BCUT2D eigenvalue weighted by atomic mass is 10.1. The second-order valence-corrected chi connectivity index (χ2v) is 7.35. The molecule has 3 rings (SSSR count). The van der Waals surface area contributed by atoms with Gasteiger partial charge in [0.1, 0.15) is 5.76 Å². The van der Waals surface area contributed by atoms with Gasteiger partial charge in [0, 0.05) is 26.2 Å². The molecule has 1 unspecified atom stereocenters. The first-order valence-electron chi connectivity index (χ1n) is 8.71. The van der Waals surface area contributed by atoms with Gasteiger partial charge in [0.25, 0.3) is 5.91 Å². The molecule has 1 fully saturated rings. The second kappa shape index (κ2) is 8.23. The van der Waals surface area contributed by atoms with E-state index in [2.05, 4.69) is 5.32 Å². The molecule has 144 valence electrons. The predicted octanol–water partition coefficient (Wildman–Crippen LogP) is 4.12. The van der Waals surface area contributed by atoms with E-state index in [1.165, 1.54) is 0 Å². The third kappa shape index (κ3) is 4.57. The number of benzene rings is 1. The number of carbonyl (C=O) groups excluding carboxylic acids is 2. The van der Waals surface area contributed by atoms with Crippen LogP contribution in [-0.4, -0.2) is 47.9 Å². The number of urea groups is 1. The van der Waals surface area contributed by atoms with Gasteiger partial charge in [0.05, 0.1) is 16.1 Å². The molecule has 1 aliphatic heterocycles. The Morgan fingerprint density at radius 2 is 1.70 bits per heavy atom. The smallest absolute Gasteiger partial charge is 0.317 e. The van der Waals surface area contributed by atoms with Crippen molar-refractivity contribution in [3.8, 4) is 0 Å². The Morgan fingerprint density at radius 3 is 2.30 bits per heavy atom. The monoisotopic (exact) mass is 409 g/mol. The van der Waals surface area contributed by atoms with Crippen LogP contribution in [0.1, 0.15) is 34.8 Å². The summed E-state index contributed by atoms with van der Waals surface area (Å²) < 4.78 is 5.39. The Bertz CT molecular complexity index is 844. The van der Waals surface area contributed by atoms with Crippen molar-refractivity contribution < 1.29 is 14.0 Å². The zero-order valence-electron chi connectivity index (χ0n) is 15.2. The van der Waals surface area contributed by atoms with Crippen LogP contribution in [0.25, 0.3) is 0 Å². The molecule has 1 aromatic heterocycles. The number of piperazine rings is 1. The van der Waals surface area contributed by atoms with E-state index in [4.69, 9.17) is 27.6 Å². The lowest BCUT2D eigenvalue weighted by Crippen LogP contribution is -2.53. The molecule has 0 aliphatic carbocycles. The number of rotatable bonds is 3. The van der Waals surface area contributed by atoms with Crippen molar-refractivity contribution in [2.24, 2.45) is 0 Å². The van der Waals surface area contributed by atoms with E-state index < -0.39 is 0 Å². The molecule has 2 heterocycles. The lowest BCUT2D eigenvalue weighted by Gasteiger charge is -2.35. The van der Waals surface area contributed by atoms with E-state index in [-0.39, 0.29) is 18.0 Å². The lowest BCUT2D eigenvalue weighted by molar-refractivity contribution is 0.0631. The van der Waals surface area contributed by atoms with Gasteiger partial charge in [-0.25, -0.2) is 4.79 Å². The van der Waals surface area contributed by atoms with Crippen LogP contribution in [0.4, 0.5) is 4.79 Å². The molecule has 1 aliphatic rings. The Morgan fingerprint density at radius 1 is 1.04 bits per heavy atom. The molecule has 1 N–H and O–H groups in total. The Balaban J connectivity index is 1.53. The first-order chi connectivity index (χ1) is 12.8. The van der Waals surface area contributed by atoms with Crippen LogP contribution in [0.5, 0.6) is 0 Å². The van der Waals surface area contributed by atoms with E-state index in [1.807, 2.05) is 13.0 Å². The van der Waals surface area contributed by atoms with Gasteiger partial charge in [-0.05, 0) is 43.7 Å². The van der Waals surface area contributed by atoms with Gasteiger partial charge in [-0.1, -0.05) is 29.3 Å². The zero-order valence-corrected chi connectivity index (χ0v) is 16.7. The highest BCUT2D eigenvalue weighted by atomic mass is 35.5. The highest BCUT2D eigenvalue weighted by molar-refractivity contribution is 6.42. The number of halogens is 2. The first-order valence-corrected chi connectivity index (χ1v) is 9.47. The van der Waals surface area contributed by atoms with E-state index in [0.717, 1.165) is 5.56 Å². The van der Waals surface area contributed by atoms with Crippen molar-refractivity contribution in [1.29, 1.82) is 0 Å². The minimum absolute atomic E-state index is 0.146. The third-order valence-electron chi connectivity index (χ3n) is 4.59. The molecule has 1 saturated heterocycles. The maximum Gasteiger partial charge on any atom is 0.317 e. The van der Waals surface area contributed by atoms with Crippen molar-refractivity contribution in [1.82, 2.24) is 15.1 Å². The first kappa shape index (κ1) is 19.6. The molecule has 0 bridgehead atoms. The summed E-state index contributed by atoms with van der Waals surface area (Å²) in [7, 11) is 0. The number of aryl methyl sites for hydroxylation is 1. The van der Waals surface area contributed by atoms with E-state index in [9.17, 15) is 9.59 Å². The molecule has 8 heteroatoms. The summed E-state index contributed by atoms with van der Waals surface area (Å²) in [6.07, 6.45) is 0. The molecular weight excluding hydrogens is 389 g/mol. The highest BCUT2D eigenvalue weighted by Gasteiger charge is 2.27. The Labute approximate surface area is 168 Å². The maximum absolute atomic E-state index is 12.5. The third-order valence-corrected chi connectivity index (χ3v) is 5.33. The SMILES string of the molecule is Cc1ccc(C(=O)N2CCN(C(=O)NC(C)c3ccc(Cl)c(Cl)c3)CC2)o1. The van der Waals surface area contributed by atoms with Gasteiger partial charge in [-0.3, -0.25) is 4.79 Å². The van der Waals surface area contributed by atoms with Gasteiger partial charge in [-0.15, -0.1) is 0 Å². The van der Waals surface area contributed by atoms with E-state index in [0.29, 0.717) is 47.7 Å². The number of hydrogen-bond donors (Lipinski definition) is 1. The van der Waals surface area contributed by atoms with Crippen LogP contribution in [0.3, 0.4) is 0 Å². The molecule has 6 nitrogen and oxygen atoms in total. The van der Waals surface area contributed by atoms with Crippen LogP contribution in [0, 0.1) is 6.92 Å². The summed E-state index contributed by atoms with van der Waals surface area (Å²) in [5.41, 5.74) is 0.875. The van der Waals surface area contributed by atoms with Crippen LogP contribution < -0.4 is 5.32 Å². The molecule has 1 atom stereocenters. The highest BCUT2D eigenvalue weighted by Crippen LogP contribution is 2.25. The molecule has 0 spiro atoms. The number of nitrogens with one attached hydrogen (secondary N) is 1. The normalized spacial score (nSPS) is 15.6. The second-order valence-electron chi connectivity index (χ2n) is 6.53. The van der Waals surface area contributed by atoms with Gasteiger partial charge < -0.3 is 19.5 Å². The van der Waals surface area contributed by atoms with Crippen LogP contribution >= 0.6 is 23.2 Å². The number of amides is 3. The largest absolute Gasteiger partial charge is 0.456 e. The molecule has 2 aromatic rings. The van der Waals surface area contributed by atoms with Crippen molar-refractivity contribution in [2.45, 2.75) is 19.9 Å². The van der Waals surface area contributed by atoms with Crippen molar-refractivity contribution >= 4 is 35.1 Å². The molecule has 1 aromatic carbocycles. The Hall–Kier alpha value is -2.18. The minimum atomic E-state index is -0.210. The summed E-state index contributed by atoms with van der Waals surface area (Å²) >= 11 is 12.0. The fraction of sp³-hybridized carbons (Fsp3) is 0.368. The maximum atomic E-state index is 12.5. The fourth-order valence-corrected chi connectivity index (χ4v) is 3.27. The minimum Gasteiger partial charge on any atom is -0.456 e. The topological polar surface area (TPSA) is 65.8 Å². The quantitative estimate of drug-likeness (QED) is 0.828. The summed E-state index contributed by atoms with van der Waals surface area (Å²) in [5.74, 6) is 0.888. The zero-order chi connectivity index (χ0) is 19.6. The number of furan rings is 1. The Kier molecular flexibility index (Phi) is 5.97. The molecule has 0 saturated carbocycles. The average Bonchev–Trinajstić information content (AvgIpc) is 3.09. The van der Waals surface area contributed by atoms with Gasteiger partial charge in [0.15, 0.2) is 5.76 Å². The molecule has 3 amide bonds. The van der Waals surface area contributed by atoms with Crippen molar-refractivity contribution in [3.05, 3.63) is 57.5 Å². The average molecular weight is 410 g/mol. The van der Waals surface area contributed by atoms with Crippen molar-refractivity contribution in [2.75, 3.05) is 26.2 Å². The van der Waals surface area contributed by atoms with Crippen LogP contribution in [0.2, 0.25) is 10.0 Å². The molecule has 27 heavy (non-hydrogen) atoms. The van der Waals surface area contributed by atoms with Gasteiger partial charge in [-0.2, -0.15) is 0 Å². The predicted molar refractivity (Wildman–Crippen MR) is 104 cm³/mol. The van der Waals surface area contributed by atoms with Crippen LogP contribution in [0.15, 0.2) is 34.7 Å². The summed E-state index contributed by atoms with van der Waals surface area (Å²) in [6.45, 7) is 5.54. The summed E-state index contributed by atoms with van der Waals surface area (Å²) in [5, 5.41) is 3.89. The van der Waals surface area contributed by atoms with Gasteiger partial charge in [0.2, 0.25) is 0 Å².